The zero-order valence-electron chi connectivity index (χ0n) is 14.5. The Hall–Kier alpha value is -1.32. The second-order valence-electron chi connectivity index (χ2n) is 6.09. The van der Waals surface area contributed by atoms with E-state index < -0.39 is 0 Å². The predicted octanol–water partition coefficient (Wildman–Crippen LogP) is 5.20. The van der Waals surface area contributed by atoms with Gasteiger partial charge >= 0.3 is 0 Å². The van der Waals surface area contributed by atoms with Crippen LogP contribution in [0.1, 0.15) is 40.0 Å². The van der Waals surface area contributed by atoms with Crippen LogP contribution in [0.15, 0.2) is 30.5 Å². The van der Waals surface area contributed by atoms with E-state index in [1.807, 2.05) is 30.5 Å². The van der Waals surface area contributed by atoms with E-state index in [4.69, 9.17) is 11.6 Å². The van der Waals surface area contributed by atoms with Crippen molar-refractivity contribution in [2.45, 2.75) is 46.1 Å². The summed E-state index contributed by atoms with van der Waals surface area (Å²) in [5.41, 5.74) is 2.08. The quantitative estimate of drug-likeness (QED) is 0.639. The highest BCUT2D eigenvalue weighted by Gasteiger charge is 2.07. The van der Waals surface area contributed by atoms with Crippen LogP contribution >= 0.6 is 11.6 Å². The summed E-state index contributed by atoms with van der Waals surface area (Å²) in [5, 5.41) is 5.48. The van der Waals surface area contributed by atoms with Gasteiger partial charge in [-0.25, -0.2) is 0 Å². The number of rotatable bonds is 9. The summed E-state index contributed by atoms with van der Waals surface area (Å²) >= 11 is 6.05. The minimum Gasteiger partial charge on any atom is -0.382 e. The summed E-state index contributed by atoms with van der Waals surface area (Å²) in [7, 11) is 0. The summed E-state index contributed by atoms with van der Waals surface area (Å²) in [6.45, 7) is 10.2. The van der Waals surface area contributed by atoms with Crippen LogP contribution in [0, 0.1) is 0 Å². The van der Waals surface area contributed by atoms with Crippen LogP contribution in [0.3, 0.4) is 0 Å². The van der Waals surface area contributed by atoms with Crippen LogP contribution in [0.5, 0.6) is 0 Å². The summed E-state index contributed by atoms with van der Waals surface area (Å²) in [4.78, 5) is 6.88. The topological polar surface area (TPSA) is 28.2 Å². The van der Waals surface area contributed by atoms with Gasteiger partial charge in [0.05, 0.1) is 5.52 Å². The Kier molecular flexibility index (Phi) is 7.13. The maximum Gasteiger partial charge on any atom is 0.0737 e. The Morgan fingerprint density at radius 2 is 1.96 bits per heavy atom. The number of anilines is 1. The van der Waals surface area contributed by atoms with Crippen LogP contribution < -0.4 is 5.32 Å². The SMILES string of the molecule is CCN(CC)CCCC[C@H](C)Nc1ccnc2cc(Cl)ccc12. The lowest BCUT2D eigenvalue weighted by Gasteiger charge is -2.19. The monoisotopic (exact) mass is 333 g/mol. The number of unbranched alkanes of at least 4 members (excludes halogenated alkanes) is 1. The molecule has 0 radical (unpaired) electrons. The zero-order valence-corrected chi connectivity index (χ0v) is 15.2. The first-order chi connectivity index (χ1) is 11.1. The second kappa shape index (κ2) is 9.09. The van der Waals surface area contributed by atoms with Gasteiger partial charge in [-0.05, 0) is 63.7 Å². The lowest BCUT2D eigenvalue weighted by atomic mass is 10.1. The number of benzene rings is 1. The first kappa shape index (κ1) is 18.0. The van der Waals surface area contributed by atoms with Crippen LogP contribution in [-0.2, 0) is 0 Å². The van der Waals surface area contributed by atoms with Gasteiger partial charge in [0.25, 0.3) is 0 Å². The number of fused-ring (bicyclic) bond motifs is 1. The molecule has 0 bridgehead atoms. The van der Waals surface area contributed by atoms with E-state index in [2.05, 4.69) is 36.0 Å². The van der Waals surface area contributed by atoms with Crippen molar-refractivity contribution in [1.82, 2.24) is 9.88 Å². The Morgan fingerprint density at radius 1 is 1.17 bits per heavy atom. The molecular formula is C19H28ClN3. The number of nitrogens with one attached hydrogen (secondary N) is 1. The highest BCUT2D eigenvalue weighted by molar-refractivity contribution is 6.31. The van der Waals surface area contributed by atoms with Crippen LogP contribution in [-0.4, -0.2) is 35.6 Å². The molecule has 0 fully saturated rings. The Balaban J connectivity index is 1.87. The van der Waals surface area contributed by atoms with Gasteiger partial charge in [-0.1, -0.05) is 31.9 Å². The van der Waals surface area contributed by atoms with E-state index in [0.29, 0.717) is 6.04 Å². The van der Waals surface area contributed by atoms with Gasteiger partial charge in [0, 0.05) is 28.3 Å². The maximum absolute atomic E-state index is 6.05. The Bertz CT molecular complexity index is 611. The molecule has 1 heterocycles. The lowest BCUT2D eigenvalue weighted by molar-refractivity contribution is 0.295. The molecular weight excluding hydrogens is 306 g/mol. The van der Waals surface area contributed by atoms with E-state index in [9.17, 15) is 0 Å². The number of hydrogen-bond acceptors (Lipinski definition) is 3. The van der Waals surface area contributed by atoms with Gasteiger partial charge in [0.2, 0.25) is 0 Å². The largest absolute Gasteiger partial charge is 0.382 e. The third-order valence-corrected chi connectivity index (χ3v) is 4.60. The van der Waals surface area contributed by atoms with E-state index in [0.717, 1.165) is 34.7 Å². The van der Waals surface area contributed by atoms with Crippen LogP contribution in [0.4, 0.5) is 5.69 Å². The van der Waals surface area contributed by atoms with Crippen LogP contribution in [0.25, 0.3) is 10.9 Å². The molecule has 1 N–H and O–H groups in total. The molecule has 0 aliphatic rings. The van der Waals surface area contributed by atoms with Crippen molar-refractivity contribution < 1.29 is 0 Å². The molecule has 1 aromatic carbocycles. The molecule has 126 valence electrons. The third kappa shape index (κ3) is 5.36. The molecule has 1 aromatic heterocycles. The van der Waals surface area contributed by atoms with Gasteiger partial charge in [0.1, 0.15) is 0 Å². The number of pyridine rings is 1. The van der Waals surface area contributed by atoms with E-state index in [-0.39, 0.29) is 0 Å². The third-order valence-electron chi connectivity index (χ3n) is 4.36. The van der Waals surface area contributed by atoms with Crippen molar-refractivity contribution >= 4 is 28.2 Å². The van der Waals surface area contributed by atoms with Crippen molar-refractivity contribution in [3.8, 4) is 0 Å². The van der Waals surface area contributed by atoms with Crippen molar-refractivity contribution in [2.24, 2.45) is 0 Å². The second-order valence-corrected chi connectivity index (χ2v) is 6.52. The van der Waals surface area contributed by atoms with E-state index >= 15 is 0 Å². The zero-order chi connectivity index (χ0) is 16.7. The van der Waals surface area contributed by atoms with E-state index in [1.165, 1.54) is 25.8 Å². The van der Waals surface area contributed by atoms with Crippen molar-refractivity contribution in [3.05, 3.63) is 35.5 Å². The smallest absolute Gasteiger partial charge is 0.0737 e. The molecule has 0 spiro atoms. The summed E-state index contributed by atoms with van der Waals surface area (Å²) < 4.78 is 0. The fourth-order valence-corrected chi connectivity index (χ4v) is 3.08. The molecule has 0 aliphatic carbocycles. The average Bonchev–Trinajstić information content (AvgIpc) is 2.55. The maximum atomic E-state index is 6.05. The fraction of sp³-hybridized carbons (Fsp3) is 0.526. The summed E-state index contributed by atoms with van der Waals surface area (Å²) in [5.74, 6) is 0. The molecule has 0 aliphatic heterocycles. The first-order valence-electron chi connectivity index (χ1n) is 8.67. The molecule has 3 nitrogen and oxygen atoms in total. The fourth-order valence-electron chi connectivity index (χ4n) is 2.91. The molecule has 0 amide bonds. The number of halogens is 1. The van der Waals surface area contributed by atoms with Gasteiger partial charge in [-0.3, -0.25) is 4.98 Å². The molecule has 4 heteroatoms. The molecule has 0 unspecified atom stereocenters. The lowest BCUT2D eigenvalue weighted by Crippen LogP contribution is -2.24. The first-order valence-corrected chi connectivity index (χ1v) is 9.05. The van der Waals surface area contributed by atoms with Gasteiger partial charge in [-0.15, -0.1) is 0 Å². The van der Waals surface area contributed by atoms with Gasteiger partial charge in [-0.2, -0.15) is 0 Å². The molecule has 2 aromatic rings. The highest BCUT2D eigenvalue weighted by Crippen LogP contribution is 2.25. The standard InChI is InChI=1S/C19H28ClN3/c1-4-23(5-2)13-7-6-8-15(3)22-18-11-12-21-19-14-16(20)9-10-17(18)19/h9-12,14-15H,4-8,13H2,1-3H3,(H,21,22)/t15-/m0/s1. The van der Waals surface area contributed by atoms with Gasteiger partial charge < -0.3 is 10.2 Å². The average molecular weight is 334 g/mol. The number of aromatic nitrogens is 1. The van der Waals surface area contributed by atoms with Crippen molar-refractivity contribution in [1.29, 1.82) is 0 Å². The Labute approximate surface area is 145 Å². The van der Waals surface area contributed by atoms with E-state index in [1.54, 1.807) is 0 Å². The molecule has 0 saturated carbocycles. The summed E-state index contributed by atoms with van der Waals surface area (Å²) in [6, 6.07) is 8.37. The van der Waals surface area contributed by atoms with Crippen LogP contribution in [0.2, 0.25) is 5.02 Å². The number of hydrogen-bond donors (Lipinski definition) is 1. The summed E-state index contributed by atoms with van der Waals surface area (Å²) in [6.07, 6.45) is 5.53. The van der Waals surface area contributed by atoms with Gasteiger partial charge in [0.15, 0.2) is 0 Å². The number of nitrogens with zero attached hydrogens (tertiary/aromatic N) is 2. The minimum atomic E-state index is 0.452. The molecule has 0 saturated heterocycles. The Morgan fingerprint density at radius 3 is 2.70 bits per heavy atom. The molecule has 23 heavy (non-hydrogen) atoms. The van der Waals surface area contributed by atoms with Crippen molar-refractivity contribution in [3.63, 3.8) is 0 Å². The normalized spacial score (nSPS) is 12.7. The minimum absolute atomic E-state index is 0.452. The molecule has 1 atom stereocenters. The predicted molar refractivity (Wildman–Crippen MR) is 101 cm³/mol. The highest BCUT2D eigenvalue weighted by atomic mass is 35.5. The van der Waals surface area contributed by atoms with Crippen molar-refractivity contribution in [2.75, 3.05) is 25.0 Å². The molecule has 2 rings (SSSR count).